The molecule has 0 saturated carbocycles. The molecule has 0 aliphatic carbocycles. The van der Waals surface area contributed by atoms with Gasteiger partial charge >= 0.3 is 0 Å². The molecule has 1 saturated heterocycles. The number of hydrogen-bond acceptors (Lipinski definition) is 4. The molecule has 5 heteroatoms. The fourth-order valence-electron chi connectivity index (χ4n) is 3.02. The molecular formula is C16H26N4O. The Balaban J connectivity index is 2.42. The lowest BCUT2D eigenvalue weighted by Crippen LogP contribution is -2.41. The highest BCUT2D eigenvalue weighted by Gasteiger charge is 2.25. The van der Waals surface area contributed by atoms with Crippen molar-refractivity contribution in [2.45, 2.75) is 25.8 Å². The molecule has 116 valence electrons. The first-order valence-corrected chi connectivity index (χ1v) is 7.63. The van der Waals surface area contributed by atoms with Crippen LogP contribution in [0.1, 0.15) is 30.1 Å². The summed E-state index contributed by atoms with van der Waals surface area (Å²) in [5, 5.41) is 2.72. The minimum Gasteiger partial charge on any atom is -0.399 e. The second kappa shape index (κ2) is 6.80. The Hall–Kier alpha value is -1.75. The highest BCUT2D eigenvalue weighted by molar-refractivity contribution is 6.00. The molecule has 1 fully saturated rings. The summed E-state index contributed by atoms with van der Waals surface area (Å²) in [6.07, 6.45) is 2.14. The predicted octanol–water partition coefficient (Wildman–Crippen LogP) is 1.55. The zero-order chi connectivity index (χ0) is 15.4. The summed E-state index contributed by atoms with van der Waals surface area (Å²) in [5.74, 6) is -0.0579. The fraction of sp³-hybridized carbons (Fsp3) is 0.562. The van der Waals surface area contributed by atoms with E-state index in [9.17, 15) is 4.79 Å². The summed E-state index contributed by atoms with van der Waals surface area (Å²) >= 11 is 0. The van der Waals surface area contributed by atoms with E-state index < -0.39 is 0 Å². The number of likely N-dealkylation sites (N-methyl/N-ethyl adjacent to an activating group) is 1. The van der Waals surface area contributed by atoms with Crippen LogP contribution in [0.25, 0.3) is 0 Å². The molecule has 1 atom stereocenters. The summed E-state index contributed by atoms with van der Waals surface area (Å²) in [7, 11) is 3.82. The molecule has 1 unspecified atom stereocenters. The smallest absolute Gasteiger partial charge is 0.253 e. The molecule has 1 amide bonds. The van der Waals surface area contributed by atoms with Gasteiger partial charge in [-0.2, -0.15) is 0 Å². The molecule has 2 rings (SSSR count). The molecule has 1 heterocycles. The third-order valence-electron chi connectivity index (χ3n) is 4.18. The number of hydrogen-bond donors (Lipinski definition) is 2. The molecule has 1 aromatic carbocycles. The van der Waals surface area contributed by atoms with Crippen LogP contribution in [0.2, 0.25) is 0 Å². The maximum atomic E-state index is 12.1. The minimum absolute atomic E-state index is 0.0579. The molecule has 1 aliphatic rings. The van der Waals surface area contributed by atoms with Gasteiger partial charge in [0.05, 0.1) is 11.3 Å². The first kappa shape index (κ1) is 15.6. The molecule has 1 aromatic rings. The SMILES string of the molecule is CCC1CN(C)CCCN1c1cc(N)ccc1C(=O)NC. The summed E-state index contributed by atoms with van der Waals surface area (Å²) in [6.45, 7) is 5.25. The van der Waals surface area contributed by atoms with Crippen molar-refractivity contribution >= 4 is 17.3 Å². The van der Waals surface area contributed by atoms with E-state index in [1.807, 2.05) is 12.1 Å². The van der Waals surface area contributed by atoms with E-state index >= 15 is 0 Å². The highest BCUT2D eigenvalue weighted by atomic mass is 16.1. The molecule has 0 spiro atoms. The number of benzene rings is 1. The van der Waals surface area contributed by atoms with E-state index in [0.29, 0.717) is 17.3 Å². The Morgan fingerprint density at radius 2 is 2.19 bits per heavy atom. The number of nitrogen functional groups attached to an aromatic ring is 1. The zero-order valence-electron chi connectivity index (χ0n) is 13.2. The summed E-state index contributed by atoms with van der Waals surface area (Å²) < 4.78 is 0. The largest absolute Gasteiger partial charge is 0.399 e. The van der Waals surface area contributed by atoms with Gasteiger partial charge in [-0.1, -0.05) is 6.92 Å². The van der Waals surface area contributed by atoms with Gasteiger partial charge in [0.2, 0.25) is 0 Å². The molecule has 0 bridgehead atoms. The second-order valence-electron chi connectivity index (χ2n) is 5.73. The molecular weight excluding hydrogens is 264 g/mol. The van der Waals surface area contributed by atoms with Gasteiger partial charge in [-0.3, -0.25) is 4.79 Å². The average Bonchev–Trinajstić information content (AvgIpc) is 2.67. The van der Waals surface area contributed by atoms with Crippen LogP contribution < -0.4 is 16.0 Å². The summed E-state index contributed by atoms with van der Waals surface area (Å²) in [6, 6.07) is 5.95. The Morgan fingerprint density at radius 1 is 1.43 bits per heavy atom. The van der Waals surface area contributed by atoms with Crippen LogP contribution in [0.4, 0.5) is 11.4 Å². The Labute approximate surface area is 127 Å². The van der Waals surface area contributed by atoms with Gasteiger partial charge in [-0.15, -0.1) is 0 Å². The molecule has 1 aliphatic heterocycles. The minimum atomic E-state index is -0.0579. The monoisotopic (exact) mass is 290 g/mol. The van der Waals surface area contributed by atoms with Gasteiger partial charge in [0.15, 0.2) is 0 Å². The topological polar surface area (TPSA) is 61.6 Å². The van der Waals surface area contributed by atoms with Crippen molar-refractivity contribution in [3.8, 4) is 0 Å². The van der Waals surface area contributed by atoms with Gasteiger partial charge in [0.1, 0.15) is 0 Å². The van der Waals surface area contributed by atoms with Crippen molar-refractivity contribution in [2.75, 3.05) is 44.4 Å². The number of nitrogens with one attached hydrogen (secondary N) is 1. The Kier molecular flexibility index (Phi) is 5.07. The van der Waals surface area contributed by atoms with Crippen LogP contribution >= 0.6 is 0 Å². The van der Waals surface area contributed by atoms with E-state index in [-0.39, 0.29) is 5.91 Å². The average molecular weight is 290 g/mol. The number of carbonyl (C=O) groups is 1. The first-order valence-electron chi connectivity index (χ1n) is 7.63. The highest BCUT2D eigenvalue weighted by Crippen LogP contribution is 2.28. The van der Waals surface area contributed by atoms with E-state index in [1.165, 1.54) is 0 Å². The molecule has 5 nitrogen and oxygen atoms in total. The summed E-state index contributed by atoms with van der Waals surface area (Å²) in [4.78, 5) is 16.9. The Bertz CT molecular complexity index is 503. The lowest BCUT2D eigenvalue weighted by atomic mass is 10.1. The van der Waals surface area contributed by atoms with E-state index in [1.54, 1.807) is 13.1 Å². The number of anilines is 2. The zero-order valence-corrected chi connectivity index (χ0v) is 13.2. The number of nitrogens with zero attached hydrogens (tertiary/aromatic N) is 2. The van der Waals surface area contributed by atoms with Gasteiger partial charge in [0, 0.05) is 31.9 Å². The first-order chi connectivity index (χ1) is 10.1. The van der Waals surface area contributed by atoms with Crippen LogP contribution in [0.3, 0.4) is 0 Å². The van der Waals surface area contributed by atoms with Gasteiger partial charge in [-0.25, -0.2) is 0 Å². The van der Waals surface area contributed by atoms with Crippen LogP contribution in [-0.2, 0) is 0 Å². The Morgan fingerprint density at radius 3 is 2.86 bits per heavy atom. The lowest BCUT2D eigenvalue weighted by Gasteiger charge is -2.33. The van der Waals surface area contributed by atoms with E-state index in [4.69, 9.17) is 5.73 Å². The van der Waals surface area contributed by atoms with Crippen molar-refractivity contribution in [3.63, 3.8) is 0 Å². The molecule has 0 radical (unpaired) electrons. The lowest BCUT2D eigenvalue weighted by molar-refractivity contribution is 0.0963. The predicted molar refractivity (Wildman–Crippen MR) is 87.8 cm³/mol. The quantitative estimate of drug-likeness (QED) is 0.829. The maximum Gasteiger partial charge on any atom is 0.253 e. The van der Waals surface area contributed by atoms with E-state index in [0.717, 1.165) is 38.2 Å². The van der Waals surface area contributed by atoms with E-state index in [2.05, 4.69) is 29.1 Å². The van der Waals surface area contributed by atoms with Crippen molar-refractivity contribution in [1.29, 1.82) is 0 Å². The standard InChI is InChI=1S/C16H26N4O/c1-4-13-11-19(3)8-5-9-20(13)15-10-12(17)6-7-14(15)16(21)18-2/h6-7,10,13H,4-5,8-9,11,17H2,1-3H3,(H,18,21). The maximum absolute atomic E-state index is 12.1. The van der Waals surface area contributed by atoms with Crippen LogP contribution in [-0.4, -0.2) is 50.6 Å². The van der Waals surface area contributed by atoms with Gasteiger partial charge in [0.25, 0.3) is 5.91 Å². The number of carbonyl (C=O) groups excluding carboxylic acids is 1. The van der Waals surface area contributed by atoms with Crippen LogP contribution in [0.5, 0.6) is 0 Å². The molecule has 0 aromatic heterocycles. The third-order valence-corrected chi connectivity index (χ3v) is 4.18. The van der Waals surface area contributed by atoms with Crippen LogP contribution in [0.15, 0.2) is 18.2 Å². The summed E-state index contributed by atoms with van der Waals surface area (Å²) in [5.41, 5.74) is 8.32. The van der Waals surface area contributed by atoms with Gasteiger partial charge < -0.3 is 20.9 Å². The molecule has 21 heavy (non-hydrogen) atoms. The fourth-order valence-corrected chi connectivity index (χ4v) is 3.02. The number of nitrogens with two attached hydrogens (primary N) is 1. The van der Waals surface area contributed by atoms with Crippen molar-refractivity contribution in [1.82, 2.24) is 10.2 Å². The third kappa shape index (κ3) is 3.47. The van der Waals surface area contributed by atoms with Gasteiger partial charge in [-0.05, 0) is 44.6 Å². The van der Waals surface area contributed by atoms with Crippen molar-refractivity contribution in [3.05, 3.63) is 23.8 Å². The van der Waals surface area contributed by atoms with Crippen molar-refractivity contribution in [2.24, 2.45) is 0 Å². The second-order valence-corrected chi connectivity index (χ2v) is 5.73. The van der Waals surface area contributed by atoms with Crippen LogP contribution in [0, 0.1) is 0 Å². The normalized spacial score (nSPS) is 20.1. The molecule has 3 N–H and O–H groups in total. The van der Waals surface area contributed by atoms with Crippen molar-refractivity contribution < 1.29 is 4.79 Å². The number of rotatable bonds is 3. The number of amides is 1.